The lowest BCUT2D eigenvalue weighted by molar-refractivity contribution is -0.144. The maximum atomic E-state index is 11.0. The third-order valence-corrected chi connectivity index (χ3v) is 3.24. The van der Waals surface area contributed by atoms with Gasteiger partial charge < -0.3 is 15.2 Å². The van der Waals surface area contributed by atoms with Crippen LogP contribution >= 0.6 is 0 Å². The van der Waals surface area contributed by atoms with Crippen LogP contribution < -0.4 is 5.32 Å². The van der Waals surface area contributed by atoms with Crippen molar-refractivity contribution >= 4 is 5.97 Å². The predicted octanol–water partition coefficient (Wildman–Crippen LogP) is 2.67. The third kappa shape index (κ3) is 7.67. The summed E-state index contributed by atoms with van der Waals surface area (Å²) in [6, 6.07) is 0. The van der Waals surface area contributed by atoms with E-state index in [0.29, 0.717) is 11.8 Å². The van der Waals surface area contributed by atoms with Crippen molar-refractivity contribution in [1.82, 2.24) is 5.32 Å². The number of carboxylic acid groups (broad SMARTS) is 1. The molecule has 0 aliphatic heterocycles. The van der Waals surface area contributed by atoms with Crippen LogP contribution in [0.2, 0.25) is 0 Å². The lowest BCUT2D eigenvalue weighted by Crippen LogP contribution is -2.47. The molecule has 0 aliphatic rings. The van der Waals surface area contributed by atoms with Crippen LogP contribution in [-0.2, 0) is 9.53 Å². The van der Waals surface area contributed by atoms with Gasteiger partial charge in [-0.1, -0.05) is 20.8 Å². The van der Waals surface area contributed by atoms with E-state index in [-0.39, 0.29) is 0 Å². The van der Waals surface area contributed by atoms with Gasteiger partial charge in [0.1, 0.15) is 5.54 Å². The summed E-state index contributed by atoms with van der Waals surface area (Å²) in [5.74, 6) is -0.793. The van der Waals surface area contributed by atoms with Crippen LogP contribution in [-0.4, -0.2) is 36.9 Å². The van der Waals surface area contributed by atoms with Crippen LogP contribution in [0.15, 0.2) is 0 Å². The van der Waals surface area contributed by atoms with Crippen molar-refractivity contribution in [1.29, 1.82) is 0 Å². The maximum absolute atomic E-state index is 11.0. The van der Waals surface area contributed by atoms with Gasteiger partial charge in [0.2, 0.25) is 0 Å². The van der Waals surface area contributed by atoms with E-state index in [2.05, 4.69) is 26.1 Å². The molecular weight excluding hydrogens is 230 g/mol. The minimum absolute atomic E-state index is 0.314. The number of aliphatic carboxylic acids is 1. The molecular formula is C14H29NO3. The van der Waals surface area contributed by atoms with E-state index in [4.69, 9.17) is 9.84 Å². The second kappa shape index (κ2) is 7.74. The molecule has 4 nitrogen and oxygen atoms in total. The standard InChI is InChI=1S/C14H29NO3/c1-13(2,3)9-11-18-10-7-6-8-14(4,15-5)12(16)17/h15H,6-11H2,1-5H3,(H,16,17). The minimum Gasteiger partial charge on any atom is -0.480 e. The van der Waals surface area contributed by atoms with E-state index in [1.54, 1.807) is 14.0 Å². The lowest BCUT2D eigenvalue weighted by atomic mass is 9.93. The molecule has 0 spiro atoms. The molecule has 2 N–H and O–H groups in total. The molecule has 0 rings (SSSR count). The van der Waals surface area contributed by atoms with Gasteiger partial charge in [0.15, 0.2) is 0 Å². The summed E-state index contributed by atoms with van der Waals surface area (Å²) in [5, 5.41) is 11.9. The van der Waals surface area contributed by atoms with E-state index in [1.165, 1.54) is 0 Å². The number of rotatable bonds is 9. The molecule has 0 bridgehead atoms. The Labute approximate surface area is 111 Å². The van der Waals surface area contributed by atoms with Gasteiger partial charge in [-0.2, -0.15) is 0 Å². The zero-order chi connectivity index (χ0) is 14.2. The van der Waals surface area contributed by atoms with Crippen molar-refractivity contribution in [2.75, 3.05) is 20.3 Å². The van der Waals surface area contributed by atoms with Crippen molar-refractivity contribution in [2.24, 2.45) is 5.41 Å². The quantitative estimate of drug-likeness (QED) is 0.625. The van der Waals surface area contributed by atoms with E-state index in [0.717, 1.165) is 32.5 Å². The molecule has 0 radical (unpaired) electrons. The van der Waals surface area contributed by atoms with Crippen molar-refractivity contribution in [2.45, 2.75) is 58.9 Å². The Hall–Kier alpha value is -0.610. The van der Waals surface area contributed by atoms with Gasteiger partial charge in [-0.3, -0.25) is 4.79 Å². The second-order valence-electron chi connectivity index (χ2n) is 6.27. The number of unbranched alkanes of at least 4 members (excludes halogenated alkanes) is 1. The molecule has 1 unspecified atom stereocenters. The van der Waals surface area contributed by atoms with Crippen LogP contribution in [0.4, 0.5) is 0 Å². The predicted molar refractivity (Wildman–Crippen MR) is 73.8 cm³/mol. The van der Waals surface area contributed by atoms with Crippen molar-refractivity contribution in [3.8, 4) is 0 Å². The summed E-state index contributed by atoms with van der Waals surface area (Å²) in [6.45, 7) is 9.81. The molecule has 0 fully saturated rings. The topological polar surface area (TPSA) is 58.6 Å². The summed E-state index contributed by atoms with van der Waals surface area (Å²) >= 11 is 0. The van der Waals surface area contributed by atoms with Gasteiger partial charge >= 0.3 is 5.97 Å². The maximum Gasteiger partial charge on any atom is 0.323 e. The van der Waals surface area contributed by atoms with Crippen LogP contribution in [0.25, 0.3) is 0 Å². The van der Waals surface area contributed by atoms with Gasteiger partial charge in [-0.05, 0) is 45.1 Å². The number of likely N-dealkylation sites (N-methyl/N-ethyl adjacent to an activating group) is 1. The van der Waals surface area contributed by atoms with Gasteiger partial charge in [-0.25, -0.2) is 0 Å². The summed E-state index contributed by atoms with van der Waals surface area (Å²) < 4.78 is 5.55. The van der Waals surface area contributed by atoms with Crippen molar-refractivity contribution < 1.29 is 14.6 Å². The Morgan fingerprint density at radius 2 is 1.72 bits per heavy atom. The highest BCUT2D eigenvalue weighted by molar-refractivity contribution is 5.78. The zero-order valence-corrected chi connectivity index (χ0v) is 12.5. The molecule has 1 atom stereocenters. The number of carboxylic acids is 1. The zero-order valence-electron chi connectivity index (χ0n) is 12.5. The van der Waals surface area contributed by atoms with Gasteiger partial charge in [0.25, 0.3) is 0 Å². The Morgan fingerprint density at radius 3 is 2.17 bits per heavy atom. The Bertz CT molecular complexity index is 248. The monoisotopic (exact) mass is 259 g/mol. The first-order chi connectivity index (χ1) is 8.21. The van der Waals surface area contributed by atoms with E-state index in [9.17, 15) is 4.79 Å². The van der Waals surface area contributed by atoms with Gasteiger partial charge in [0, 0.05) is 13.2 Å². The molecule has 0 aromatic rings. The summed E-state index contributed by atoms with van der Waals surface area (Å²) in [6.07, 6.45) is 3.45. The van der Waals surface area contributed by atoms with E-state index < -0.39 is 11.5 Å². The number of carbonyl (C=O) groups is 1. The highest BCUT2D eigenvalue weighted by Crippen LogP contribution is 2.18. The molecule has 0 heterocycles. The first-order valence-electron chi connectivity index (χ1n) is 6.71. The number of nitrogens with one attached hydrogen (secondary N) is 1. The molecule has 108 valence electrons. The van der Waals surface area contributed by atoms with Gasteiger partial charge in [-0.15, -0.1) is 0 Å². The molecule has 4 heteroatoms. The molecule has 0 aromatic heterocycles. The summed E-state index contributed by atoms with van der Waals surface area (Å²) in [4.78, 5) is 11.0. The molecule has 0 aliphatic carbocycles. The lowest BCUT2D eigenvalue weighted by Gasteiger charge is -2.24. The fourth-order valence-electron chi connectivity index (χ4n) is 1.50. The fraction of sp³-hybridized carbons (Fsp3) is 0.929. The minimum atomic E-state index is -0.814. The Kier molecular flexibility index (Phi) is 7.48. The SMILES string of the molecule is CNC(C)(CCCCOCCC(C)(C)C)C(=O)O. The third-order valence-electron chi connectivity index (χ3n) is 3.24. The van der Waals surface area contributed by atoms with Crippen molar-refractivity contribution in [3.05, 3.63) is 0 Å². The van der Waals surface area contributed by atoms with Crippen LogP contribution in [0, 0.1) is 5.41 Å². The fourth-order valence-corrected chi connectivity index (χ4v) is 1.50. The first kappa shape index (κ1) is 17.4. The molecule has 0 aromatic carbocycles. The Morgan fingerprint density at radius 1 is 1.11 bits per heavy atom. The number of ether oxygens (including phenoxy) is 1. The smallest absolute Gasteiger partial charge is 0.323 e. The Balaban J connectivity index is 3.60. The molecule has 0 saturated heterocycles. The summed E-state index contributed by atoms with van der Waals surface area (Å²) in [7, 11) is 1.69. The average molecular weight is 259 g/mol. The van der Waals surface area contributed by atoms with Crippen LogP contribution in [0.5, 0.6) is 0 Å². The summed E-state index contributed by atoms with van der Waals surface area (Å²) in [5.41, 5.74) is -0.501. The van der Waals surface area contributed by atoms with Crippen LogP contribution in [0.1, 0.15) is 53.4 Å². The second-order valence-corrected chi connectivity index (χ2v) is 6.27. The van der Waals surface area contributed by atoms with Crippen LogP contribution in [0.3, 0.4) is 0 Å². The van der Waals surface area contributed by atoms with E-state index in [1.807, 2.05) is 0 Å². The average Bonchev–Trinajstić information content (AvgIpc) is 2.25. The molecule has 0 saturated carbocycles. The van der Waals surface area contributed by atoms with E-state index >= 15 is 0 Å². The highest BCUT2D eigenvalue weighted by atomic mass is 16.5. The highest BCUT2D eigenvalue weighted by Gasteiger charge is 2.29. The number of hydrogen-bond donors (Lipinski definition) is 2. The normalized spacial score (nSPS) is 15.4. The van der Waals surface area contributed by atoms with Gasteiger partial charge in [0.05, 0.1) is 0 Å². The molecule has 0 amide bonds. The number of hydrogen-bond acceptors (Lipinski definition) is 3. The first-order valence-corrected chi connectivity index (χ1v) is 6.71. The largest absolute Gasteiger partial charge is 0.480 e. The molecule has 18 heavy (non-hydrogen) atoms. The van der Waals surface area contributed by atoms with Crippen molar-refractivity contribution in [3.63, 3.8) is 0 Å².